The second kappa shape index (κ2) is 7.20. The van der Waals surface area contributed by atoms with Gasteiger partial charge in [-0.2, -0.15) is 0 Å². The Hall–Kier alpha value is -1.46. The average Bonchev–Trinajstić information content (AvgIpc) is 2.46. The third kappa shape index (κ3) is 4.27. The molecule has 1 atom stereocenters. The van der Waals surface area contributed by atoms with Gasteiger partial charge in [0.1, 0.15) is 0 Å². The molecule has 1 N–H and O–H groups in total. The Morgan fingerprint density at radius 3 is 2.91 bits per heavy atom. The summed E-state index contributed by atoms with van der Waals surface area (Å²) in [6.07, 6.45) is 4.00. The van der Waals surface area contributed by atoms with Crippen molar-refractivity contribution in [3.63, 3.8) is 0 Å². The summed E-state index contributed by atoms with van der Waals surface area (Å²) in [7, 11) is 4.02. The van der Waals surface area contributed by atoms with Gasteiger partial charge in [-0.1, -0.05) is 0 Å². The van der Waals surface area contributed by atoms with Crippen LogP contribution in [0.4, 0.5) is 0 Å². The first-order chi connectivity index (χ1) is 10.4. The summed E-state index contributed by atoms with van der Waals surface area (Å²) in [5.74, 6) is 0.106. The van der Waals surface area contributed by atoms with Gasteiger partial charge >= 0.3 is 0 Å². The zero-order chi connectivity index (χ0) is 16.2. The first kappa shape index (κ1) is 16.9. The summed E-state index contributed by atoms with van der Waals surface area (Å²) in [5, 5.41) is 9.84. The van der Waals surface area contributed by atoms with Gasteiger partial charge in [-0.05, 0) is 51.6 Å². The largest absolute Gasteiger partial charge is 0.396 e. The minimum absolute atomic E-state index is 0.106. The van der Waals surface area contributed by atoms with Crippen molar-refractivity contribution in [2.75, 3.05) is 40.3 Å². The van der Waals surface area contributed by atoms with E-state index >= 15 is 0 Å². The van der Waals surface area contributed by atoms with Gasteiger partial charge in [0.2, 0.25) is 5.91 Å². The minimum Gasteiger partial charge on any atom is -0.396 e. The Labute approximate surface area is 132 Å². The molecule has 2 rings (SSSR count). The quantitative estimate of drug-likeness (QED) is 0.885. The summed E-state index contributed by atoms with van der Waals surface area (Å²) in [6.45, 7) is 4.34. The maximum Gasteiger partial charge on any atom is 0.228 e. The van der Waals surface area contributed by atoms with Gasteiger partial charge < -0.3 is 14.9 Å². The van der Waals surface area contributed by atoms with E-state index in [0.29, 0.717) is 13.0 Å². The van der Waals surface area contributed by atoms with E-state index in [1.807, 2.05) is 38.1 Å². The highest BCUT2D eigenvalue weighted by Gasteiger charge is 2.37. The number of hydrogen-bond donors (Lipinski definition) is 1. The Kier molecular flexibility index (Phi) is 5.53. The van der Waals surface area contributed by atoms with Crippen LogP contribution in [0.15, 0.2) is 18.3 Å². The number of rotatable bonds is 5. The SMILES string of the molecule is Cc1ccnc(CC(=O)N2CCC[C@@](CO)(CN(C)C)C2)c1. The number of nitrogens with zero attached hydrogens (tertiary/aromatic N) is 3. The van der Waals surface area contributed by atoms with Gasteiger partial charge in [0, 0.05) is 36.9 Å². The molecular formula is C17H27N3O2. The fourth-order valence-electron chi connectivity index (χ4n) is 3.36. The number of pyridine rings is 1. The average molecular weight is 305 g/mol. The molecule has 1 fully saturated rings. The van der Waals surface area contributed by atoms with Crippen molar-refractivity contribution in [3.8, 4) is 0 Å². The molecule has 2 heterocycles. The molecular weight excluding hydrogens is 278 g/mol. The molecule has 1 aromatic rings. The predicted octanol–water partition coefficient (Wildman–Crippen LogP) is 1.10. The second-order valence-corrected chi connectivity index (χ2v) is 6.82. The smallest absolute Gasteiger partial charge is 0.228 e. The lowest BCUT2D eigenvalue weighted by Gasteiger charge is -2.43. The Morgan fingerprint density at radius 2 is 2.27 bits per heavy atom. The molecule has 0 aliphatic carbocycles. The fraction of sp³-hybridized carbons (Fsp3) is 0.647. The number of aryl methyl sites for hydroxylation is 1. The molecule has 22 heavy (non-hydrogen) atoms. The van der Waals surface area contributed by atoms with Crippen LogP contribution in [0.5, 0.6) is 0 Å². The number of likely N-dealkylation sites (tertiary alicyclic amines) is 1. The van der Waals surface area contributed by atoms with Crippen LogP contribution in [0.2, 0.25) is 0 Å². The zero-order valence-electron chi connectivity index (χ0n) is 13.9. The molecule has 0 bridgehead atoms. The highest BCUT2D eigenvalue weighted by molar-refractivity contribution is 5.78. The van der Waals surface area contributed by atoms with Crippen molar-refractivity contribution >= 4 is 5.91 Å². The molecule has 122 valence electrons. The number of aromatic nitrogens is 1. The molecule has 0 aromatic carbocycles. The zero-order valence-corrected chi connectivity index (χ0v) is 13.9. The first-order valence-electron chi connectivity index (χ1n) is 7.89. The Morgan fingerprint density at radius 1 is 1.50 bits per heavy atom. The number of aliphatic hydroxyl groups is 1. The fourth-order valence-corrected chi connectivity index (χ4v) is 3.36. The molecule has 1 saturated heterocycles. The molecule has 0 unspecified atom stereocenters. The van der Waals surface area contributed by atoms with Gasteiger partial charge in [0.05, 0.1) is 13.0 Å². The van der Waals surface area contributed by atoms with E-state index < -0.39 is 0 Å². The van der Waals surface area contributed by atoms with E-state index in [1.54, 1.807) is 6.20 Å². The Balaban J connectivity index is 2.03. The van der Waals surface area contributed by atoms with Crippen LogP contribution in [0.25, 0.3) is 0 Å². The van der Waals surface area contributed by atoms with Crippen LogP contribution in [0.3, 0.4) is 0 Å². The number of carbonyl (C=O) groups excluding carboxylic acids is 1. The Bertz CT molecular complexity index is 518. The summed E-state index contributed by atoms with van der Waals surface area (Å²) in [4.78, 5) is 20.8. The van der Waals surface area contributed by atoms with Gasteiger partial charge in [-0.3, -0.25) is 9.78 Å². The van der Waals surface area contributed by atoms with Crippen molar-refractivity contribution in [2.24, 2.45) is 5.41 Å². The summed E-state index contributed by atoms with van der Waals surface area (Å²) < 4.78 is 0. The number of aliphatic hydroxyl groups excluding tert-OH is 1. The molecule has 0 radical (unpaired) electrons. The molecule has 1 aliphatic heterocycles. The predicted molar refractivity (Wildman–Crippen MR) is 86.6 cm³/mol. The van der Waals surface area contributed by atoms with Crippen molar-refractivity contribution < 1.29 is 9.90 Å². The summed E-state index contributed by atoms with van der Waals surface area (Å²) in [5.41, 5.74) is 1.74. The van der Waals surface area contributed by atoms with Gasteiger partial charge in [-0.15, -0.1) is 0 Å². The molecule has 1 aliphatic rings. The molecule has 1 amide bonds. The molecule has 0 saturated carbocycles. The maximum absolute atomic E-state index is 12.6. The van der Waals surface area contributed by atoms with E-state index in [1.165, 1.54) is 0 Å². The van der Waals surface area contributed by atoms with E-state index in [9.17, 15) is 9.90 Å². The van der Waals surface area contributed by atoms with Crippen LogP contribution in [-0.2, 0) is 11.2 Å². The van der Waals surface area contributed by atoms with Crippen molar-refractivity contribution in [1.82, 2.24) is 14.8 Å². The highest BCUT2D eigenvalue weighted by Crippen LogP contribution is 2.30. The topological polar surface area (TPSA) is 56.7 Å². The third-order valence-electron chi connectivity index (χ3n) is 4.31. The van der Waals surface area contributed by atoms with E-state index in [4.69, 9.17) is 0 Å². The van der Waals surface area contributed by atoms with Crippen molar-refractivity contribution in [2.45, 2.75) is 26.2 Å². The monoisotopic (exact) mass is 305 g/mol. The highest BCUT2D eigenvalue weighted by atomic mass is 16.3. The maximum atomic E-state index is 12.6. The van der Waals surface area contributed by atoms with Gasteiger partial charge in [0.15, 0.2) is 0 Å². The van der Waals surface area contributed by atoms with Crippen LogP contribution in [0.1, 0.15) is 24.1 Å². The van der Waals surface area contributed by atoms with Crippen LogP contribution < -0.4 is 0 Å². The van der Waals surface area contributed by atoms with E-state index in [-0.39, 0.29) is 17.9 Å². The standard InChI is InChI=1S/C17H27N3O2/c1-14-5-7-18-15(9-14)10-16(22)20-8-4-6-17(12-20,13-21)11-19(2)3/h5,7,9,21H,4,6,8,10-13H2,1-3H3/t17-/m1/s1. The van der Waals surface area contributed by atoms with E-state index in [0.717, 1.165) is 37.2 Å². The normalized spacial score (nSPS) is 22.1. The molecule has 0 spiro atoms. The van der Waals surface area contributed by atoms with Crippen LogP contribution in [-0.4, -0.2) is 66.1 Å². The number of amides is 1. The molecule has 5 heteroatoms. The van der Waals surface area contributed by atoms with E-state index in [2.05, 4.69) is 9.88 Å². The van der Waals surface area contributed by atoms with Gasteiger partial charge in [-0.25, -0.2) is 0 Å². The molecule has 1 aromatic heterocycles. The summed E-state index contributed by atoms with van der Waals surface area (Å²) in [6, 6.07) is 3.89. The number of piperidine rings is 1. The lowest BCUT2D eigenvalue weighted by atomic mass is 9.80. The minimum atomic E-state index is -0.197. The number of carbonyl (C=O) groups is 1. The number of hydrogen-bond acceptors (Lipinski definition) is 4. The van der Waals surface area contributed by atoms with Gasteiger partial charge in [0.25, 0.3) is 0 Å². The van der Waals surface area contributed by atoms with Crippen molar-refractivity contribution in [3.05, 3.63) is 29.6 Å². The second-order valence-electron chi connectivity index (χ2n) is 6.82. The van der Waals surface area contributed by atoms with Crippen LogP contribution in [0, 0.1) is 12.3 Å². The lowest BCUT2D eigenvalue weighted by molar-refractivity contribution is -0.135. The molecule has 5 nitrogen and oxygen atoms in total. The third-order valence-corrected chi connectivity index (χ3v) is 4.31. The van der Waals surface area contributed by atoms with Crippen LogP contribution >= 0.6 is 0 Å². The van der Waals surface area contributed by atoms with Crippen molar-refractivity contribution in [1.29, 1.82) is 0 Å². The first-order valence-corrected chi connectivity index (χ1v) is 7.89. The lowest BCUT2D eigenvalue weighted by Crippen LogP contribution is -2.52. The summed E-state index contributed by atoms with van der Waals surface area (Å²) >= 11 is 0.